The van der Waals surface area contributed by atoms with E-state index in [0.717, 1.165) is 12.8 Å². The van der Waals surface area contributed by atoms with Crippen molar-refractivity contribution in [1.29, 1.82) is 0 Å². The van der Waals surface area contributed by atoms with Crippen LogP contribution < -0.4 is 10.9 Å². The predicted molar refractivity (Wildman–Crippen MR) is 112 cm³/mol. The molecule has 5 heteroatoms. The van der Waals surface area contributed by atoms with Gasteiger partial charge in [-0.2, -0.15) is 0 Å². The average molecular weight is 379 g/mol. The molecule has 3 aromatic rings. The van der Waals surface area contributed by atoms with E-state index in [4.69, 9.17) is 11.6 Å². The second-order valence-electron chi connectivity index (χ2n) is 6.31. The molecule has 4 nitrogen and oxygen atoms in total. The molecule has 2 N–H and O–H groups in total. The molecule has 0 aliphatic rings. The van der Waals surface area contributed by atoms with Crippen molar-refractivity contribution in [2.45, 2.75) is 24.8 Å². The minimum absolute atomic E-state index is 0.127. The molecular formula is C22H23ClN4. The molecule has 1 aromatic heterocycles. The first-order chi connectivity index (χ1) is 13.3. The Morgan fingerprint density at radius 1 is 0.926 bits per heavy atom. The molecule has 138 valence electrons. The number of anilines is 1. The number of hydrogen-bond acceptors (Lipinski definition) is 4. The molecule has 0 unspecified atom stereocenters. The standard InChI is InChI=1S/C22H23ClN4/c1-2-19(18-11-7-4-8-12-18)20(14-13-17-9-5-3-6-10-17)24-26-22-16-15-21(23)25-27-22/h2-12,15-16,19-20,24H,1,13-14H2,(H,26,27)/t19-,20+/m0/s1. The molecule has 27 heavy (non-hydrogen) atoms. The number of hydrogen-bond donors (Lipinski definition) is 2. The van der Waals surface area contributed by atoms with Crippen LogP contribution in [0.3, 0.4) is 0 Å². The third kappa shape index (κ3) is 5.64. The van der Waals surface area contributed by atoms with Gasteiger partial charge in [0.15, 0.2) is 11.0 Å². The van der Waals surface area contributed by atoms with Gasteiger partial charge in [-0.3, -0.25) is 0 Å². The third-order valence-corrected chi connectivity index (χ3v) is 4.68. The molecule has 0 bridgehead atoms. The summed E-state index contributed by atoms with van der Waals surface area (Å²) in [5.74, 6) is 0.780. The Bertz CT molecular complexity index is 822. The fraction of sp³-hybridized carbons (Fsp3) is 0.182. The highest BCUT2D eigenvalue weighted by Crippen LogP contribution is 2.24. The van der Waals surface area contributed by atoms with Crippen LogP contribution in [0.4, 0.5) is 5.82 Å². The minimum atomic E-state index is 0.127. The van der Waals surface area contributed by atoms with Crippen molar-refractivity contribution in [3.05, 3.63) is 102 Å². The van der Waals surface area contributed by atoms with Gasteiger partial charge in [0, 0.05) is 12.0 Å². The van der Waals surface area contributed by atoms with Gasteiger partial charge in [0.2, 0.25) is 0 Å². The normalized spacial score (nSPS) is 12.9. The van der Waals surface area contributed by atoms with Gasteiger partial charge < -0.3 is 5.43 Å². The van der Waals surface area contributed by atoms with Crippen LogP contribution in [0.2, 0.25) is 5.15 Å². The largest absolute Gasteiger partial charge is 0.304 e. The number of rotatable bonds is 9. The van der Waals surface area contributed by atoms with Crippen LogP contribution in [0.1, 0.15) is 23.5 Å². The highest BCUT2D eigenvalue weighted by Gasteiger charge is 2.20. The lowest BCUT2D eigenvalue weighted by Gasteiger charge is -2.27. The predicted octanol–water partition coefficient (Wildman–Crippen LogP) is 5.02. The summed E-state index contributed by atoms with van der Waals surface area (Å²) in [5, 5.41) is 8.28. The Morgan fingerprint density at radius 3 is 2.26 bits per heavy atom. The highest BCUT2D eigenvalue weighted by atomic mass is 35.5. The Balaban J connectivity index is 1.74. The molecule has 0 fully saturated rings. The molecule has 0 radical (unpaired) electrons. The van der Waals surface area contributed by atoms with Crippen molar-refractivity contribution < 1.29 is 0 Å². The van der Waals surface area contributed by atoms with Crippen LogP contribution in [0.25, 0.3) is 0 Å². The molecule has 0 aliphatic heterocycles. The van der Waals surface area contributed by atoms with Crippen molar-refractivity contribution in [2.75, 3.05) is 5.43 Å². The van der Waals surface area contributed by atoms with E-state index < -0.39 is 0 Å². The first-order valence-corrected chi connectivity index (χ1v) is 9.36. The van der Waals surface area contributed by atoms with Gasteiger partial charge in [-0.05, 0) is 36.1 Å². The Morgan fingerprint density at radius 2 is 1.63 bits per heavy atom. The zero-order valence-corrected chi connectivity index (χ0v) is 15.8. The van der Waals surface area contributed by atoms with Crippen molar-refractivity contribution in [2.24, 2.45) is 0 Å². The van der Waals surface area contributed by atoms with E-state index in [2.05, 4.69) is 76.2 Å². The molecule has 0 amide bonds. The lowest BCUT2D eigenvalue weighted by Crippen LogP contribution is -2.39. The summed E-state index contributed by atoms with van der Waals surface area (Å²) in [7, 11) is 0. The van der Waals surface area contributed by atoms with Gasteiger partial charge in [-0.25, -0.2) is 5.43 Å². The van der Waals surface area contributed by atoms with Crippen LogP contribution in [0.5, 0.6) is 0 Å². The Hall–Kier alpha value is -2.69. The van der Waals surface area contributed by atoms with Crippen molar-refractivity contribution in [1.82, 2.24) is 15.6 Å². The van der Waals surface area contributed by atoms with Crippen molar-refractivity contribution in [3.63, 3.8) is 0 Å². The van der Waals surface area contributed by atoms with Gasteiger partial charge >= 0.3 is 0 Å². The molecular weight excluding hydrogens is 356 g/mol. The molecule has 0 aliphatic carbocycles. The number of aromatic nitrogens is 2. The fourth-order valence-electron chi connectivity index (χ4n) is 3.07. The van der Waals surface area contributed by atoms with Gasteiger partial charge in [0.1, 0.15) is 0 Å². The Labute approximate surface area is 165 Å². The van der Waals surface area contributed by atoms with Crippen LogP contribution in [0, 0.1) is 0 Å². The fourth-order valence-corrected chi connectivity index (χ4v) is 3.17. The zero-order valence-electron chi connectivity index (χ0n) is 15.1. The van der Waals surface area contributed by atoms with E-state index in [1.54, 1.807) is 12.1 Å². The SMILES string of the molecule is C=C[C@@H](c1ccccc1)[C@@H](CCc1ccccc1)NNc1ccc(Cl)nn1. The summed E-state index contributed by atoms with van der Waals surface area (Å²) in [6.45, 7) is 4.07. The smallest absolute Gasteiger partial charge is 0.162 e. The minimum Gasteiger partial charge on any atom is -0.304 e. The third-order valence-electron chi connectivity index (χ3n) is 4.48. The summed E-state index contributed by atoms with van der Waals surface area (Å²) in [4.78, 5) is 0. The van der Waals surface area contributed by atoms with E-state index >= 15 is 0 Å². The van der Waals surface area contributed by atoms with E-state index in [-0.39, 0.29) is 12.0 Å². The quantitative estimate of drug-likeness (QED) is 0.405. The van der Waals surface area contributed by atoms with Crippen molar-refractivity contribution in [3.8, 4) is 0 Å². The second kappa shape index (κ2) is 9.86. The van der Waals surface area contributed by atoms with Gasteiger partial charge in [-0.1, -0.05) is 78.3 Å². The van der Waals surface area contributed by atoms with E-state index in [1.165, 1.54) is 11.1 Å². The molecule has 0 saturated carbocycles. The van der Waals surface area contributed by atoms with Gasteiger partial charge in [0.25, 0.3) is 0 Å². The zero-order chi connectivity index (χ0) is 18.9. The maximum absolute atomic E-state index is 5.81. The second-order valence-corrected chi connectivity index (χ2v) is 6.70. The number of nitrogens with one attached hydrogen (secondary N) is 2. The van der Waals surface area contributed by atoms with Gasteiger partial charge in [0.05, 0.1) is 0 Å². The summed E-state index contributed by atoms with van der Waals surface area (Å²) in [6.07, 6.45) is 3.89. The van der Waals surface area contributed by atoms with Crippen LogP contribution in [0.15, 0.2) is 85.5 Å². The maximum Gasteiger partial charge on any atom is 0.162 e. The van der Waals surface area contributed by atoms with E-state index in [9.17, 15) is 0 Å². The summed E-state index contributed by atoms with van der Waals surface area (Å²) in [6, 6.07) is 24.5. The summed E-state index contributed by atoms with van der Waals surface area (Å²) < 4.78 is 0. The number of hydrazine groups is 1. The summed E-state index contributed by atoms with van der Waals surface area (Å²) >= 11 is 5.81. The lowest BCUT2D eigenvalue weighted by molar-refractivity contribution is 0.477. The topological polar surface area (TPSA) is 49.8 Å². The van der Waals surface area contributed by atoms with Crippen LogP contribution in [-0.2, 0) is 6.42 Å². The lowest BCUT2D eigenvalue weighted by atomic mass is 9.88. The van der Waals surface area contributed by atoms with E-state index in [0.29, 0.717) is 11.0 Å². The number of halogens is 1. The first-order valence-electron chi connectivity index (χ1n) is 8.98. The van der Waals surface area contributed by atoms with E-state index in [1.807, 2.05) is 18.2 Å². The highest BCUT2D eigenvalue weighted by molar-refractivity contribution is 6.29. The maximum atomic E-state index is 5.81. The number of nitrogens with zero attached hydrogens (tertiary/aromatic N) is 2. The molecule has 0 saturated heterocycles. The monoisotopic (exact) mass is 378 g/mol. The molecule has 1 heterocycles. The van der Waals surface area contributed by atoms with Crippen LogP contribution in [-0.4, -0.2) is 16.2 Å². The van der Waals surface area contributed by atoms with Crippen molar-refractivity contribution >= 4 is 17.4 Å². The average Bonchev–Trinajstić information content (AvgIpc) is 2.73. The Kier molecular flexibility index (Phi) is 6.97. The van der Waals surface area contributed by atoms with Crippen LogP contribution >= 0.6 is 11.6 Å². The number of aryl methyl sites for hydroxylation is 1. The number of benzene rings is 2. The molecule has 2 aromatic carbocycles. The molecule has 3 rings (SSSR count). The first kappa shape index (κ1) is 19.1. The summed E-state index contributed by atoms with van der Waals surface area (Å²) in [5.41, 5.74) is 9.11. The van der Waals surface area contributed by atoms with Gasteiger partial charge in [-0.15, -0.1) is 16.8 Å². The molecule has 2 atom stereocenters. The molecule has 0 spiro atoms.